The van der Waals surface area contributed by atoms with Crippen LogP contribution in [-0.4, -0.2) is 37.4 Å². The van der Waals surface area contributed by atoms with Crippen LogP contribution in [0.4, 0.5) is 18.9 Å². The average molecular weight is 379 g/mol. The molecule has 1 atom stereocenters. The van der Waals surface area contributed by atoms with Crippen LogP contribution in [0.2, 0.25) is 0 Å². The summed E-state index contributed by atoms with van der Waals surface area (Å²) in [6.45, 7) is -0.0947. The van der Waals surface area contributed by atoms with Crippen molar-refractivity contribution in [2.75, 3.05) is 26.0 Å². The molecular weight excluding hydrogens is 359 g/mol. The zero-order valence-electron chi connectivity index (χ0n) is 14.9. The molecule has 0 heterocycles. The molecule has 0 aliphatic heterocycles. The quantitative estimate of drug-likeness (QED) is 0.811. The maximum atomic E-state index is 12.8. The zero-order chi connectivity index (χ0) is 20.0. The second kappa shape index (κ2) is 8.68. The first-order valence-corrected chi connectivity index (χ1v) is 8.15. The molecule has 0 spiro atoms. The SMILES string of the molecule is CN(C)C(=O)CN[C@H](C(=O)Nc1cccc(C(F)(F)F)c1)c1ccccc1. The summed E-state index contributed by atoms with van der Waals surface area (Å²) in [4.78, 5) is 25.9. The molecule has 2 rings (SSSR count). The van der Waals surface area contributed by atoms with Crippen molar-refractivity contribution < 1.29 is 22.8 Å². The number of nitrogens with zero attached hydrogens (tertiary/aromatic N) is 1. The van der Waals surface area contributed by atoms with Gasteiger partial charge in [-0.2, -0.15) is 13.2 Å². The van der Waals surface area contributed by atoms with Crippen molar-refractivity contribution in [1.29, 1.82) is 0 Å². The van der Waals surface area contributed by atoms with E-state index in [0.717, 1.165) is 12.1 Å². The highest BCUT2D eigenvalue weighted by atomic mass is 19.4. The predicted molar refractivity (Wildman–Crippen MR) is 96.0 cm³/mol. The molecule has 0 radical (unpaired) electrons. The first kappa shape index (κ1) is 20.4. The maximum absolute atomic E-state index is 12.8. The number of hydrogen-bond acceptors (Lipinski definition) is 3. The van der Waals surface area contributed by atoms with Crippen molar-refractivity contribution in [3.8, 4) is 0 Å². The molecule has 2 amide bonds. The number of anilines is 1. The van der Waals surface area contributed by atoms with E-state index in [0.29, 0.717) is 5.56 Å². The van der Waals surface area contributed by atoms with Gasteiger partial charge in [-0.05, 0) is 23.8 Å². The molecule has 27 heavy (non-hydrogen) atoms. The number of amides is 2. The van der Waals surface area contributed by atoms with Crippen molar-refractivity contribution in [3.63, 3.8) is 0 Å². The number of nitrogens with one attached hydrogen (secondary N) is 2. The molecule has 0 aromatic heterocycles. The Hall–Kier alpha value is -2.87. The molecule has 0 saturated carbocycles. The second-order valence-corrected chi connectivity index (χ2v) is 6.08. The predicted octanol–water partition coefficient (Wildman–Crippen LogP) is 3.06. The standard InChI is InChI=1S/C19H20F3N3O2/c1-25(2)16(26)12-23-17(13-7-4-3-5-8-13)18(27)24-15-10-6-9-14(11-15)19(20,21)22/h3-11,17,23H,12H2,1-2H3,(H,24,27)/t17-/m0/s1. The molecule has 2 aromatic rings. The second-order valence-electron chi connectivity index (χ2n) is 6.08. The van der Waals surface area contributed by atoms with Gasteiger partial charge in [-0.1, -0.05) is 36.4 Å². The van der Waals surface area contributed by atoms with E-state index in [2.05, 4.69) is 10.6 Å². The number of benzene rings is 2. The van der Waals surface area contributed by atoms with Crippen LogP contribution in [0.5, 0.6) is 0 Å². The Labute approximate surface area is 155 Å². The molecule has 5 nitrogen and oxygen atoms in total. The van der Waals surface area contributed by atoms with Gasteiger partial charge < -0.3 is 10.2 Å². The smallest absolute Gasteiger partial charge is 0.348 e. The summed E-state index contributed by atoms with van der Waals surface area (Å²) in [6.07, 6.45) is -4.50. The highest BCUT2D eigenvalue weighted by Crippen LogP contribution is 2.30. The van der Waals surface area contributed by atoms with Crippen molar-refractivity contribution in [3.05, 3.63) is 65.7 Å². The molecule has 2 N–H and O–H groups in total. The lowest BCUT2D eigenvalue weighted by molar-refractivity contribution is -0.137. The fraction of sp³-hybridized carbons (Fsp3) is 0.263. The van der Waals surface area contributed by atoms with Gasteiger partial charge in [0.15, 0.2) is 0 Å². The minimum Gasteiger partial charge on any atom is -0.348 e. The van der Waals surface area contributed by atoms with Gasteiger partial charge in [0.25, 0.3) is 0 Å². The number of rotatable bonds is 6. The molecule has 0 aliphatic carbocycles. The maximum Gasteiger partial charge on any atom is 0.416 e. The number of halogens is 3. The lowest BCUT2D eigenvalue weighted by Gasteiger charge is -2.20. The van der Waals surface area contributed by atoms with Crippen LogP contribution in [0.15, 0.2) is 54.6 Å². The monoisotopic (exact) mass is 379 g/mol. The van der Waals surface area contributed by atoms with Crippen molar-refractivity contribution in [1.82, 2.24) is 10.2 Å². The number of hydrogen-bond donors (Lipinski definition) is 2. The first-order chi connectivity index (χ1) is 12.7. The molecule has 0 aliphatic rings. The fourth-order valence-electron chi connectivity index (χ4n) is 2.34. The van der Waals surface area contributed by atoms with Crippen LogP contribution >= 0.6 is 0 Å². The summed E-state index contributed by atoms with van der Waals surface area (Å²) in [5, 5.41) is 5.34. The van der Waals surface area contributed by atoms with Gasteiger partial charge in [0.2, 0.25) is 11.8 Å². The Kier molecular flexibility index (Phi) is 6.57. The Morgan fingerprint density at radius 2 is 1.70 bits per heavy atom. The summed E-state index contributed by atoms with van der Waals surface area (Å²) in [5.74, 6) is -0.796. The van der Waals surface area contributed by atoms with Crippen LogP contribution in [0, 0.1) is 0 Å². The number of likely N-dealkylation sites (N-methyl/N-ethyl adjacent to an activating group) is 1. The van der Waals surface area contributed by atoms with Gasteiger partial charge in [0.05, 0.1) is 12.1 Å². The first-order valence-electron chi connectivity index (χ1n) is 8.15. The van der Waals surface area contributed by atoms with Gasteiger partial charge in [-0.15, -0.1) is 0 Å². The van der Waals surface area contributed by atoms with Gasteiger partial charge in [-0.3, -0.25) is 14.9 Å². The minimum atomic E-state index is -4.50. The van der Waals surface area contributed by atoms with Gasteiger partial charge in [0.1, 0.15) is 6.04 Å². The highest BCUT2D eigenvalue weighted by molar-refractivity contribution is 5.96. The number of alkyl halides is 3. The van der Waals surface area contributed by atoms with Crippen molar-refractivity contribution in [2.45, 2.75) is 12.2 Å². The number of carbonyl (C=O) groups is 2. The van der Waals surface area contributed by atoms with E-state index in [-0.39, 0.29) is 18.1 Å². The largest absolute Gasteiger partial charge is 0.416 e. The summed E-state index contributed by atoms with van der Waals surface area (Å²) >= 11 is 0. The van der Waals surface area contributed by atoms with Crippen LogP contribution in [0.3, 0.4) is 0 Å². The van der Waals surface area contributed by atoms with E-state index in [9.17, 15) is 22.8 Å². The Balaban J connectivity index is 2.20. The summed E-state index contributed by atoms with van der Waals surface area (Å²) in [5.41, 5.74) is -0.239. The van der Waals surface area contributed by atoms with E-state index in [1.54, 1.807) is 44.4 Å². The van der Waals surface area contributed by atoms with E-state index >= 15 is 0 Å². The summed E-state index contributed by atoms with van der Waals surface area (Å²) in [6, 6.07) is 12.1. The Morgan fingerprint density at radius 1 is 1.04 bits per heavy atom. The van der Waals surface area contributed by atoms with Crippen LogP contribution in [0.25, 0.3) is 0 Å². The van der Waals surface area contributed by atoms with Crippen molar-refractivity contribution >= 4 is 17.5 Å². The summed E-state index contributed by atoms with van der Waals surface area (Å²) in [7, 11) is 3.18. The third-order valence-corrected chi connectivity index (χ3v) is 3.81. The van der Waals surface area contributed by atoms with Crippen LogP contribution < -0.4 is 10.6 Å². The molecular formula is C19H20F3N3O2. The third kappa shape index (κ3) is 5.82. The minimum absolute atomic E-state index is 0.0245. The van der Waals surface area contributed by atoms with Crippen LogP contribution in [-0.2, 0) is 15.8 Å². The Bertz CT molecular complexity index is 792. The highest BCUT2D eigenvalue weighted by Gasteiger charge is 2.30. The van der Waals surface area contributed by atoms with Gasteiger partial charge in [0, 0.05) is 19.8 Å². The lowest BCUT2D eigenvalue weighted by atomic mass is 10.1. The van der Waals surface area contributed by atoms with Crippen LogP contribution in [0.1, 0.15) is 17.2 Å². The third-order valence-electron chi connectivity index (χ3n) is 3.81. The zero-order valence-corrected chi connectivity index (χ0v) is 14.9. The molecule has 144 valence electrons. The van der Waals surface area contributed by atoms with Crippen molar-refractivity contribution in [2.24, 2.45) is 0 Å². The van der Waals surface area contributed by atoms with E-state index in [1.165, 1.54) is 17.0 Å². The van der Waals surface area contributed by atoms with E-state index in [1.807, 2.05) is 0 Å². The fourth-order valence-corrected chi connectivity index (χ4v) is 2.34. The van der Waals surface area contributed by atoms with E-state index < -0.39 is 23.7 Å². The average Bonchev–Trinajstić information content (AvgIpc) is 2.62. The summed E-state index contributed by atoms with van der Waals surface area (Å²) < 4.78 is 38.5. The van der Waals surface area contributed by atoms with E-state index in [4.69, 9.17) is 0 Å². The molecule has 0 fully saturated rings. The molecule has 0 unspecified atom stereocenters. The normalized spacial score (nSPS) is 12.3. The van der Waals surface area contributed by atoms with Gasteiger partial charge in [-0.25, -0.2) is 0 Å². The molecule has 0 bridgehead atoms. The number of carbonyl (C=O) groups excluding carboxylic acids is 2. The Morgan fingerprint density at radius 3 is 2.30 bits per heavy atom. The van der Waals surface area contributed by atoms with Gasteiger partial charge >= 0.3 is 6.18 Å². The topological polar surface area (TPSA) is 61.4 Å². The lowest BCUT2D eigenvalue weighted by Crippen LogP contribution is -2.39. The molecule has 2 aromatic carbocycles. The molecule has 8 heteroatoms. The molecule has 0 saturated heterocycles.